The highest BCUT2D eigenvalue weighted by Crippen LogP contribution is 2.31. The van der Waals surface area contributed by atoms with Gasteiger partial charge in [-0.15, -0.1) is 0 Å². The van der Waals surface area contributed by atoms with Crippen LogP contribution in [0, 0.1) is 0 Å². The Morgan fingerprint density at radius 3 is 2.52 bits per heavy atom. The summed E-state index contributed by atoms with van der Waals surface area (Å²) in [6, 6.07) is 9.14. The minimum absolute atomic E-state index is 0.0824. The largest absolute Gasteiger partial charge is 0.416 e. The van der Waals surface area contributed by atoms with E-state index in [1.807, 2.05) is 0 Å². The highest BCUT2D eigenvalue weighted by molar-refractivity contribution is 9.10. The Labute approximate surface area is 153 Å². The molecule has 0 aliphatic heterocycles. The monoisotopic (exact) mass is 452 g/mol. The molecular formula is C15H9BrClF3N2O2S. The van der Waals surface area contributed by atoms with Crippen molar-refractivity contribution in [3.05, 3.63) is 58.2 Å². The molecule has 0 amide bonds. The van der Waals surface area contributed by atoms with Crippen molar-refractivity contribution in [1.29, 1.82) is 0 Å². The minimum Gasteiger partial charge on any atom is -0.259 e. The van der Waals surface area contributed by atoms with E-state index in [1.165, 1.54) is 28.9 Å². The second-order valence-corrected chi connectivity index (χ2v) is 8.58. The lowest BCUT2D eigenvalue weighted by Crippen LogP contribution is -2.07. The first-order chi connectivity index (χ1) is 11.6. The highest BCUT2D eigenvalue weighted by Gasteiger charge is 2.30. The number of rotatable bonds is 3. The van der Waals surface area contributed by atoms with Gasteiger partial charge in [0.05, 0.1) is 22.5 Å². The van der Waals surface area contributed by atoms with Crippen LogP contribution in [0.1, 0.15) is 11.1 Å². The van der Waals surface area contributed by atoms with Crippen LogP contribution in [0.15, 0.2) is 52.0 Å². The summed E-state index contributed by atoms with van der Waals surface area (Å²) in [5, 5.41) is 4.71. The standard InChI is InChI=1S/C15H9BrClF3N2O2S/c16-14-12-7-11(25(17,23)24)4-5-13(12)22(21-14)8-9-2-1-3-10(6-9)15(18,19)20/h1-7H,8H2. The topological polar surface area (TPSA) is 52.0 Å². The molecule has 0 unspecified atom stereocenters. The number of benzene rings is 2. The van der Waals surface area contributed by atoms with Gasteiger partial charge in [-0.3, -0.25) is 4.68 Å². The molecule has 1 heterocycles. The van der Waals surface area contributed by atoms with E-state index < -0.39 is 20.8 Å². The minimum atomic E-state index is -4.42. The molecular weight excluding hydrogens is 445 g/mol. The van der Waals surface area contributed by atoms with Crippen LogP contribution in [0.4, 0.5) is 13.2 Å². The van der Waals surface area contributed by atoms with Crippen LogP contribution in [-0.4, -0.2) is 18.2 Å². The maximum absolute atomic E-state index is 12.8. The lowest BCUT2D eigenvalue weighted by atomic mass is 10.1. The van der Waals surface area contributed by atoms with Gasteiger partial charge in [0.25, 0.3) is 9.05 Å². The number of alkyl halides is 3. The van der Waals surface area contributed by atoms with Gasteiger partial charge in [0, 0.05) is 16.1 Å². The zero-order chi connectivity index (χ0) is 18.4. The predicted molar refractivity (Wildman–Crippen MR) is 91.0 cm³/mol. The number of hydrogen-bond acceptors (Lipinski definition) is 3. The summed E-state index contributed by atoms with van der Waals surface area (Å²) in [6.07, 6.45) is -4.42. The first-order valence-corrected chi connectivity index (χ1v) is 9.93. The molecule has 0 bridgehead atoms. The Hall–Kier alpha value is -1.58. The van der Waals surface area contributed by atoms with Crippen LogP contribution in [0.3, 0.4) is 0 Å². The molecule has 0 fully saturated rings. The number of nitrogens with zero attached hydrogens (tertiary/aromatic N) is 2. The quantitative estimate of drug-likeness (QED) is 0.536. The smallest absolute Gasteiger partial charge is 0.259 e. The van der Waals surface area contributed by atoms with E-state index in [0.29, 0.717) is 21.1 Å². The van der Waals surface area contributed by atoms with E-state index in [1.54, 1.807) is 6.07 Å². The van der Waals surface area contributed by atoms with Crippen molar-refractivity contribution < 1.29 is 21.6 Å². The molecule has 0 spiro atoms. The molecule has 4 nitrogen and oxygen atoms in total. The van der Waals surface area contributed by atoms with Crippen LogP contribution < -0.4 is 0 Å². The van der Waals surface area contributed by atoms with Crippen molar-refractivity contribution in [1.82, 2.24) is 9.78 Å². The van der Waals surface area contributed by atoms with Gasteiger partial charge in [-0.05, 0) is 51.8 Å². The molecule has 0 N–H and O–H groups in total. The number of aromatic nitrogens is 2. The number of halogens is 5. The Kier molecular flexibility index (Phi) is 4.59. The van der Waals surface area contributed by atoms with Gasteiger partial charge in [-0.1, -0.05) is 12.1 Å². The van der Waals surface area contributed by atoms with Gasteiger partial charge in [0.15, 0.2) is 0 Å². The second-order valence-electron chi connectivity index (χ2n) is 5.26. The lowest BCUT2D eigenvalue weighted by Gasteiger charge is -2.09. The number of hydrogen-bond donors (Lipinski definition) is 0. The predicted octanol–water partition coefficient (Wildman–Crippen LogP) is 4.79. The van der Waals surface area contributed by atoms with Crippen LogP contribution in [0.25, 0.3) is 10.9 Å². The van der Waals surface area contributed by atoms with Crippen molar-refractivity contribution in [2.45, 2.75) is 17.6 Å². The summed E-state index contributed by atoms with van der Waals surface area (Å²) in [5.74, 6) is 0. The van der Waals surface area contributed by atoms with Gasteiger partial charge in [-0.25, -0.2) is 8.42 Å². The molecule has 3 aromatic rings. The zero-order valence-corrected chi connectivity index (χ0v) is 15.4. The van der Waals surface area contributed by atoms with Gasteiger partial charge >= 0.3 is 6.18 Å². The third kappa shape index (κ3) is 3.83. The van der Waals surface area contributed by atoms with Crippen molar-refractivity contribution in [2.24, 2.45) is 0 Å². The third-order valence-electron chi connectivity index (χ3n) is 3.55. The Bertz CT molecular complexity index is 1060. The molecule has 25 heavy (non-hydrogen) atoms. The maximum atomic E-state index is 12.8. The summed E-state index contributed by atoms with van der Waals surface area (Å²) in [5.41, 5.74) is 0.241. The van der Waals surface area contributed by atoms with E-state index >= 15 is 0 Å². The van der Waals surface area contributed by atoms with Crippen molar-refractivity contribution in [3.63, 3.8) is 0 Å². The Balaban J connectivity index is 2.03. The maximum Gasteiger partial charge on any atom is 0.416 e. The average Bonchev–Trinajstić information content (AvgIpc) is 2.82. The lowest BCUT2D eigenvalue weighted by molar-refractivity contribution is -0.137. The van der Waals surface area contributed by atoms with Gasteiger partial charge in [0.2, 0.25) is 0 Å². The van der Waals surface area contributed by atoms with Crippen molar-refractivity contribution in [2.75, 3.05) is 0 Å². The summed E-state index contributed by atoms with van der Waals surface area (Å²) < 4.78 is 63.2. The molecule has 0 saturated heterocycles. The molecule has 2 aromatic carbocycles. The molecule has 0 aliphatic carbocycles. The average molecular weight is 454 g/mol. The summed E-state index contributed by atoms with van der Waals surface area (Å²) >= 11 is 3.23. The fraction of sp³-hybridized carbons (Fsp3) is 0.133. The van der Waals surface area contributed by atoms with Crippen LogP contribution in [-0.2, 0) is 21.8 Å². The van der Waals surface area contributed by atoms with Gasteiger partial charge < -0.3 is 0 Å². The fourth-order valence-electron chi connectivity index (χ4n) is 2.41. The van der Waals surface area contributed by atoms with E-state index in [2.05, 4.69) is 21.0 Å². The van der Waals surface area contributed by atoms with E-state index in [-0.39, 0.29) is 11.4 Å². The summed E-state index contributed by atoms with van der Waals surface area (Å²) in [7, 11) is 1.44. The zero-order valence-electron chi connectivity index (χ0n) is 12.3. The van der Waals surface area contributed by atoms with Crippen molar-refractivity contribution >= 4 is 46.6 Å². The van der Waals surface area contributed by atoms with E-state index in [4.69, 9.17) is 10.7 Å². The summed E-state index contributed by atoms with van der Waals surface area (Å²) in [4.78, 5) is -0.0824. The van der Waals surface area contributed by atoms with Gasteiger partial charge in [-0.2, -0.15) is 18.3 Å². The summed E-state index contributed by atoms with van der Waals surface area (Å²) in [6.45, 7) is 0.0962. The molecule has 3 rings (SSSR count). The van der Waals surface area contributed by atoms with Gasteiger partial charge in [0.1, 0.15) is 4.60 Å². The molecule has 0 radical (unpaired) electrons. The molecule has 0 saturated carbocycles. The van der Waals surface area contributed by atoms with Crippen LogP contribution in [0.5, 0.6) is 0 Å². The first kappa shape index (κ1) is 18.2. The Morgan fingerprint density at radius 1 is 1.16 bits per heavy atom. The van der Waals surface area contributed by atoms with Crippen LogP contribution in [0.2, 0.25) is 0 Å². The Morgan fingerprint density at radius 2 is 1.88 bits per heavy atom. The first-order valence-electron chi connectivity index (χ1n) is 6.82. The van der Waals surface area contributed by atoms with E-state index in [9.17, 15) is 21.6 Å². The van der Waals surface area contributed by atoms with Crippen molar-refractivity contribution in [3.8, 4) is 0 Å². The molecule has 0 atom stereocenters. The molecule has 10 heteroatoms. The SMILES string of the molecule is O=S(=O)(Cl)c1ccc2c(c1)c(Br)nn2Cc1cccc(C(F)(F)F)c1. The number of fused-ring (bicyclic) bond motifs is 1. The molecule has 1 aromatic heterocycles. The molecule has 0 aliphatic rings. The van der Waals surface area contributed by atoms with Crippen LogP contribution >= 0.6 is 26.6 Å². The molecule has 132 valence electrons. The van der Waals surface area contributed by atoms with E-state index in [0.717, 1.165) is 12.1 Å². The second kappa shape index (κ2) is 6.30. The third-order valence-corrected chi connectivity index (χ3v) is 5.48. The fourth-order valence-corrected chi connectivity index (χ4v) is 3.70. The normalized spacial score (nSPS) is 12.7. The highest BCUT2D eigenvalue weighted by atomic mass is 79.9.